The number of hydrogen-bond acceptors (Lipinski definition) is 3. The van der Waals surface area contributed by atoms with E-state index in [-0.39, 0.29) is 11.8 Å². The van der Waals surface area contributed by atoms with Gasteiger partial charge in [0, 0.05) is 36.3 Å². The molecular weight excluding hydrogens is 400 g/mol. The fourth-order valence-corrected chi connectivity index (χ4v) is 4.68. The first-order chi connectivity index (χ1) is 15.0. The highest BCUT2D eigenvalue weighted by Crippen LogP contribution is 2.32. The zero-order chi connectivity index (χ0) is 21.5. The molecule has 160 valence electrons. The molecule has 1 saturated heterocycles. The van der Waals surface area contributed by atoms with Gasteiger partial charge < -0.3 is 9.64 Å². The minimum atomic E-state index is -0.922. The number of hydrogen-bond donors (Lipinski definition) is 0. The molecule has 1 unspecified atom stereocenters. The maximum atomic E-state index is 13.8. The first-order valence-corrected chi connectivity index (χ1v) is 10.5. The summed E-state index contributed by atoms with van der Waals surface area (Å²) in [6.45, 7) is 1.31. The Hall–Kier alpha value is -3.22. The highest BCUT2D eigenvalue weighted by Gasteiger charge is 2.33. The Bertz CT molecular complexity index is 1140. The fraction of sp³-hybridized carbons (Fsp3) is 0.333. The first-order valence-electron chi connectivity index (χ1n) is 10.5. The molecule has 0 N–H and O–H groups in total. The van der Waals surface area contributed by atoms with Crippen LogP contribution in [0.15, 0.2) is 42.5 Å². The second-order valence-corrected chi connectivity index (χ2v) is 8.15. The Labute approximate surface area is 179 Å². The molecule has 3 aromatic rings. The van der Waals surface area contributed by atoms with Crippen LogP contribution in [0.2, 0.25) is 0 Å². The summed E-state index contributed by atoms with van der Waals surface area (Å²) in [5.41, 5.74) is 3.91. The minimum Gasteiger partial charge on any atom is -0.497 e. The SMILES string of the molecule is COc1ccc(C2CCN(C(=O)c3nn(-c4ccc(F)c(F)c4)c4c3CCC4)C2)cc1. The number of nitrogens with zero attached hydrogens (tertiary/aromatic N) is 3. The molecule has 0 bridgehead atoms. The molecular formula is C24H23F2N3O2. The Morgan fingerprint density at radius 3 is 2.65 bits per heavy atom. The van der Waals surface area contributed by atoms with E-state index in [1.54, 1.807) is 11.8 Å². The van der Waals surface area contributed by atoms with Crippen LogP contribution in [0, 0.1) is 11.6 Å². The molecule has 5 rings (SSSR count). The summed E-state index contributed by atoms with van der Waals surface area (Å²) in [4.78, 5) is 15.2. The number of ether oxygens (including phenoxy) is 1. The topological polar surface area (TPSA) is 47.4 Å². The molecule has 2 aliphatic rings. The van der Waals surface area contributed by atoms with Crippen molar-refractivity contribution in [2.24, 2.45) is 0 Å². The van der Waals surface area contributed by atoms with Crippen molar-refractivity contribution in [2.75, 3.05) is 20.2 Å². The molecule has 31 heavy (non-hydrogen) atoms. The minimum absolute atomic E-state index is 0.0875. The molecule has 1 amide bonds. The molecule has 2 aromatic carbocycles. The van der Waals surface area contributed by atoms with Crippen molar-refractivity contribution >= 4 is 5.91 Å². The van der Waals surface area contributed by atoms with Crippen LogP contribution in [-0.2, 0) is 12.8 Å². The molecule has 7 heteroatoms. The smallest absolute Gasteiger partial charge is 0.274 e. The molecule has 1 atom stereocenters. The highest BCUT2D eigenvalue weighted by atomic mass is 19.2. The van der Waals surface area contributed by atoms with Gasteiger partial charge in [-0.15, -0.1) is 0 Å². The van der Waals surface area contributed by atoms with Crippen molar-refractivity contribution in [3.63, 3.8) is 0 Å². The van der Waals surface area contributed by atoms with E-state index in [0.29, 0.717) is 24.5 Å². The molecule has 1 aromatic heterocycles. The van der Waals surface area contributed by atoms with E-state index in [1.165, 1.54) is 11.6 Å². The van der Waals surface area contributed by atoms with E-state index >= 15 is 0 Å². The van der Waals surface area contributed by atoms with E-state index in [9.17, 15) is 13.6 Å². The van der Waals surface area contributed by atoms with E-state index in [1.807, 2.05) is 29.2 Å². The number of fused-ring (bicyclic) bond motifs is 1. The van der Waals surface area contributed by atoms with E-state index in [4.69, 9.17) is 4.74 Å². The second kappa shape index (κ2) is 7.80. The van der Waals surface area contributed by atoms with E-state index in [0.717, 1.165) is 54.8 Å². The summed E-state index contributed by atoms with van der Waals surface area (Å²) in [5, 5.41) is 4.56. The molecule has 1 aliphatic heterocycles. The Kier molecular flexibility index (Phi) is 4.96. The van der Waals surface area contributed by atoms with Crippen molar-refractivity contribution in [3.05, 3.63) is 76.6 Å². The van der Waals surface area contributed by atoms with Crippen LogP contribution >= 0.6 is 0 Å². The molecule has 2 heterocycles. The maximum absolute atomic E-state index is 13.8. The molecule has 1 aliphatic carbocycles. The number of likely N-dealkylation sites (tertiary alicyclic amines) is 1. The zero-order valence-corrected chi connectivity index (χ0v) is 17.3. The molecule has 1 fully saturated rings. The van der Waals surface area contributed by atoms with Gasteiger partial charge in [0.2, 0.25) is 0 Å². The predicted octanol–water partition coefficient (Wildman–Crippen LogP) is 4.28. The summed E-state index contributed by atoms with van der Waals surface area (Å²) in [7, 11) is 1.64. The number of carbonyl (C=O) groups excluding carboxylic acids is 1. The lowest BCUT2D eigenvalue weighted by Gasteiger charge is -2.16. The largest absolute Gasteiger partial charge is 0.497 e. The van der Waals surface area contributed by atoms with Crippen LogP contribution < -0.4 is 4.74 Å². The second-order valence-electron chi connectivity index (χ2n) is 8.15. The van der Waals surface area contributed by atoms with Gasteiger partial charge in [-0.25, -0.2) is 13.5 Å². The van der Waals surface area contributed by atoms with Crippen molar-refractivity contribution in [1.29, 1.82) is 0 Å². The van der Waals surface area contributed by atoms with Crippen LogP contribution in [0.1, 0.15) is 46.1 Å². The number of benzene rings is 2. The average Bonchev–Trinajstić information content (AvgIpc) is 3.52. The molecule has 0 saturated carbocycles. The predicted molar refractivity (Wildman–Crippen MR) is 112 cm³/mol. The third-order valence-electron chi connectivity index (χ3n) is 6.34. The first kappa shape index (κ1) is 19.7. The average molecular weight is 423 g/mol. The fourth-order valence-electron chi connectivity index (χ4n) is 4.68. The van der Waals surface area contributed by atoms with Crippen LogP contribution in [0.25, 0.3) is 5.69 Å². The van der Waals surface area contributed by atoms with Crippen molar-refractivity contribution in [1.82, 2.24) is 14.7 Å². The maximum Gasteiger partial charge on any atom is 0.274 e. The number of methoxy groups -OCH3 is 1. The number of halogens is 2. The van der Waals surface area contributed by atoms with Crippen LogP contribution in [0.4, 0.5) is 8.78 Å². The van der Waals surface area contributed by atoms with Gasteiger partial charge in [-0.1, -0.05) is 12.1 Å². The van der Waals surface area contributed by atoms with Gasteiger partial charge in [0.15, 0.2) is 17.3 Å². The monoisotopic (exact) mass is 423 g/mol. The molecule has 0 radical (unpaired) electrons. The molecule has 0 spiro atoms. The quantitative estimate of drug-likeness (QED) is 0.630. The van der Waals surface area contributed by atoms with E-state index in [2.05, 4.69) is 5.10 Å². The zero-order valence-electron chi connectivity index (χ0n) is 17.3. The summed E-state index contributed by atoms with van der Waals surface area (Å²) in [6, 6.07) is 11.7. The molecule has 5 nitrogen and oxygen atoms in total. The normalized spacial score (nSPS) is 17.8. The third-order valence-corrected chi connectivity index (χ3v) is 6.34. The number of carbonyl (C=O) groups is 1. The lowest BCUT2D eigenvalue weighted by Crippen LogP contribution is -2.29. The summed E-state index contributed by atoms with van der Waals surface area (Å²) >= 11 is 0. The lowest BCUT2D eigenvalue weighted by molar-refractivity contribution is 0.0783. The Balaban J connectivity index is 1.40. The Morgan fingerprint density at radius 2 is 1.90 bits per heavy atom. The van der Waals surface area contributed by atoms with Gasteiger partial charge in [0.05, 0.1) is 12.8 Å². The number of amides is 1. The number of rotatable bonds is 4. The van der Waals surface area contributed by atoms with Crippen LogP contribution in [-0.4, -0.2) is 40.8 Å². The van der Waals surface area contributed by atoms with E-state index < -0.39 is 11.6 Å². The lowest BCUT2D eigenvalue weighted by atomic mass is 9.98. The summed E-state index contributed by atoms with van der Waals surface area (Å²) < 4.78 is 34.0. The van der Waals surface area contributed by atoms with Crippen LogP contribution in [0.3, 0.4) is 0 Å². The van der Waals surface area contributed by atoms with Gasteiger partial charge in [0.1, 0.15) is 5.75 Å². The summed E-state index contributed by atoms with van der Waals surface area (Å²) in [6.07, 6.45) is 3.36. The van der Waals surface area contributed by atoms with Crippen LogP contribution in [0.5, 0.6) is 5.75 Å². The summed E-state index contributed by atoms with van der Waals surface area (Å²) in [5.74, 6) is -0.820. The van der Waals surface area contributed by atoms with Gasteiger partial charge in [-0.2, -0.15) is 5.10 Å². The van der Waals surface area contributed by atoms with Gasteiger partial charge >= 0.3 is 0 Å². The van der Waals surface area contributed by atoms with Crippen molar-refractivity contribution in [3.8, 4) is 11.4 Å². The van der Waals surface area contributed by atoms with Gasteiger partial charge in [-0.3, -0.25) is 4.79 Å². The van der Waals surface area contributed by atoms with Gasteiger partial charge in [-0.05, 0) is 55.5 Å². The third kappa shape index (κ3) is 3.48. The number of aromatic nitrogens is 2. The van der Waals surface area contributed by atoms with Gasteiger partial charge in [0.25, 0.3) is 5.91 Å². The van der Waals surface area contributed by atoms with Crippen molar-refractivity contribution < 1.29 is 18.3 Å². The Morgan fingerprint density at radius 1 is 1.10 bits per heavy atom. The standard InChI is InChI=1S/C24H23F2N3O2/c1-31-18-8-5-15(6-9-18)16-11-12-28(14-16)24(30)23-19-3-2-4-22(19)29(27-23)17-7-10-20(25)21(26)13-17/h5-10,13,16H,2-4,11-12,14H2,1H3. The highest BCUT2D eigenvalue weighted by molar-refractivity contribution is 5.94. The van der Waals surface area contributed by atoms with Crippen molar-refractivity contribution in [2.45, 2.75) is 31.6 Å².